The Morgan fingerprint density at radius 3 is 2.56 bits per heavy atom. The highest BCUT2D eigenvalue weighted by molar-refractivity contribution is 7.98. The SMILES string of the molecule is CSCC(C)N(C)C(CN)c1ccc(F)cc1F. The van der Waals surface area contributed by atoms with E-state index in [9.17, 15) is 8.78 Å². The number of hydrogen-bond donors (Lipinski definition) is 1. The molecule has 0 bridgehead atoms. The Balaban J connectivity index is 2.94. The molecule has 2 N–H and O–H groups in total. The molecular formula is C13H20F2N2S. The fourth-order valence-corrected chi connectivity index (χ4v) is 2.67. The second-order valence-corrected chi connectivity index (χ2v) is 5.30. The molecule has 102 valence electrons. The van der Waals surface area contributed by atoms with E-state index in [2.05, 4.69) is 6.92 Å². The van der Waals surface area contributed by atoms with Crippen LogP contribution in [-0.4, -0.2) is 36.5 Å². The van der Waals surface area contributed by atoms with E-state index in [0.29, 0.717) is 12.1 Å². The van der Waals surface area contributed by atoms with E-state index in [1.165, 1.54) is 12.1 Å². The van der Waals surface area contributed by atoms with Crippen LogP contribution < -0.4 is 5.73 Å². The van der Waals surface area contributed by atoms with Crippen LogP contribution >= 0.6 is 11.8 Å². The predicted octanol–water partition coefficient (Wildman–Crippen LogP) is 2.65. The summed E-state index contributed by atoms with van der Waals surface area (Å²) in [5, 5.41) is 0. The Hall–Kier alpha value is -0.650. The summed E-state index contributed by atoms with van der Waals surface area (Å²) < 4.78 is 26.7. The first-order valence-corrected chi connectivity index (χ1v) is 7.26. The van der Waals surface area contributed by atoms with E-state index in [-0.39, 0.29) is 12.1 Å². The zero-order valence-electron chi connectivity index (χ0n) is 11.0. The molecule has 0 saturated heterocycles. The van der Waals surface area contributed by atoms with Crippen LogP contribution in [0.25, 0.3) is 0 Å². The summed E-state index contributed by atoms with van der Waals surface area (Å²) in [4.78, 5) is 2.03. The Morgan fingerprint density at radius 1 is 1.39 bits per heavy atom. The molecule has 18 heavy (non-hydrogen) atoms. The van der Waals surface area contributed by atoms with Crippen molar-refractivity contribution in [2.75, 3.05) is 25.6 Å². The molecule has 0 fully saturated rings. The van der Waals surface area contributed by atoms with Gasteiger partial charge in [0.1, 0.15) is 11.6 Å². The fourth-order valence-electron chi connectivity index (χ4n) is 1.95. The lowest BCUT2D eigenvalue weighted by Gasteiger charge is -2.32. The van der Waals surface area contributed by atoms with E-state index in [0.717, 1.165) is 11.8 Å². The number of nitrogens with two attached hydrogens (primary N) is 1. The van der Waals surface area contributed by atoms with Crippen molar-refractivity contribution in [3.63, 3.8) is 0 Å². The highest BCUT2D eigenvalue weighted by Gasteiger charge is 2.22. The van der Waals surface area contributed by atoms with Crippen LogP contribution in [0.3, 0.4) is 0 Å². The molecule has 0 heterocycles. The highest BCUT2D eigenvalue weighted by Crippen LogP contribution is 2.24. The van der Waals surface area contributed by atoms with Gasteiger partial charge >= 0.3 is 0 Å². The number of benzene rings is 1. The maximum Gasteiger partial charge on any atom is 0.130 e. The van der Waals surface area contributed by atoms with Gasteiger partial charge < -0.3 is 5.73 Å². The van der Waals surface area contributed by atoms with Crippen molar-refractivity contribution >= 4 is 11.8 Å². The van der Waals surface area contributed by atoms with Crippen LogP contribution in [0.2, 0.25) is 0 Å². The monoisotopic (exact) mass is 274 g/mol. The molecule has 0 aromatic heterocycles. The van der Waals surface area contributed by atoms with E-state index in [1.54, 1.807) is 11.8 Å². The third kappa shape index (κ3) is 3.67. The number of nitrogens with zero attached hydrogens (tertiary/aromatic N) is 1. The standard InChI is InChI=1S/C13H20F2N2S/c1-9(8-18-3)17(2)13(7-16)11-5-4-10(14)6-12(11)15/h4-6,9,13H,7-8,16H2,1-3H3. The van der Waals surface area contributed by atoms with Gasteiger partial charge in [-0.2, -0.15) is 11.8 Å². The van der Waals surface area contributed by atoms with Crippen molar-refractivity contribution < 1.29 is 8.78 Å². The summed E-state index contributed by atoms with van der Waals surface area (Å²) in [6.07, 6.45) is 2.03. The maximum atomic E-state index is 13.8. The summed E-state index contributed by atoms with van der Waals surface area (Å²) in [7, 11) is 1.92. The molecule has 0 aliphatic carbocycles. The van der Waals surface area contributed by atoms with Crippen molar-refractivity contribution in [2.24, 2.45) is 5.73 Å². The van der Waals surface area contributed by atoms with E-state index in [4.69, 9.17) is 5.73 Å². The first-order valence-electron chi connectivity index (χ1n) is 5.87. The zero-order chi connectivity index (χ0) is 13.7. The van der Waals surface area contributed by atoms with E-state index >= 15 is 0 Å². The molecule has 2 unspecified atom stereocenters. The number of likely N-dealkylation sites (N-methyl/N-ethyl adjacent to an activating group) is 1. The van der Waals surface area contributed by atoms with Gasteiger partial charge in [-0.25, -0.2) is 8.78 Å². The van der Waals surface area contributed by atoms with Gasteiger partial charge in [-0.05, 0) is 26.3 Å². The van der Waals surface area contributed by atoms with Gasteiger partial charge in [0.05, 0.1) is 0 Å². The van der Waals surface area contributed by atoms with Crippen LogP contribution in [0.4, 0.5) is 8.78 Å². The molecule has 5 heteroatoms. The van der Waals surface area contributed by atoms with Crippen molar-refractivity contribution in [1.82, 2.24) is 4.90 Å². The summed E-state index contributed by atoms with van der Waals surface area (Å²) in [5.41, 5.74) is 6.19. The number of rotatable bonds is 6. The van der Waals surface area contributed by atoms with Gasteiger partial charge in [-0.3, -0.25) is 4.90 Å². The lowest BCUT2D eigenvalue weighted by Crippen LogP contribution is -2.38. The second-order valence-electron chi connectivity index (χ2n) is 4.39. The second kappa shape index (κ2) is 7.07. The Labute approximate surface area is 112 Å². The Morgan fingerprint density at radius 2 is 2.06 bits per heavy atom. The summed E-state index contributed by atoms with van der Waals surface area (Å²) in [6, 6.07) is 3.70. The van der Waals surface area contributed by atoms with Gasteiger partial charge in [-0.15, -0.1) is 0 Å². The third-order valence-corrected chi connectivity index (χ3v) is 3.96. The number of thioether (sulfide) groups is 1. The van der Waals surface area contributed by atoms with Crippen LogP contribution in [0.1, 0.15) is 18.5 Å². The molecule has 0 saturated carbocycles. The van der Waals surface area contributed by atoms with Crippen molar-refractivity contribution in [3.05, 3.63) is 35.4 Å². The summed E-state index contributed by atoms with van der Waals surface area (Å²) >= 11 is 1.73. The Bertz CT molecular complexity index is 387. The van der Waals surface area contributed by atoms with Gasteiger partial charge in [-0.1, -0.05) is 6.07 Å². The molecule has 1 rings (SSSR count). The molecule has 1 aromatic rings. The number of hydrogen-bond acceptors (Lipinski definition) is 3. The van der Waals surface area contributed by atoms with Crippen LogP contribution in [0.15, 0.2) is 18.2 Å². The number of halogens is 2. The third-order valence-electron chi connectivity index (χ3n) is 3.14. The Kier molecular flexibility index (Phi) is 6.05. The van der Waals surface area contributed by atoms with E-state index in [1.807, 2.05) is 18.2 Å². The molecule has 0 radical (unpaired) electrons. The molecule has 0 amide bonds. The lowest BCUT2D eigenvalue weighted by molar-refractivity contribution is 0.200. The molecule has 1 aromatic carbocycles. The minimum atomic E-state index is -0.563. The summed E-state index contributed by atoms with van der Waals surface area (Å²) in [6.45, 7) is 2.37. The normalized spacial score (nSPS) is 14.8. The molecule has 2 nitrogen and oxygen atoms in total. The van der Waals surface area contributed by atoms with Gasteiger partial charge in [0.15, 0.2) is 0 Å². The van der Waals surface area contributed by atoms with Gasteiger partial charge in [0.2, 0.25) is 0 Å². The topological polar surface area (TPSA) is 29.3 Å². The predicted molar refractivity (Wildman–Crippen MR) is 73.8 cm³/mol. The average molecular weight is 274 g/mol. The van der Waals surface area contributed by atoms with Crippen LogP contribution in [-0.2, 0) is 0 Å². The molecule has 2 atom stereocenters. The van der Waals surface area contributed by atoms with E-state index < -0.39 is 11.6 Å². The van der Waals surface area contributed by atoms with Crippen LogP contribution in [0.5, 0.6) is 0 Å². The minimum Gasteiger partial charge on any atom is -0.329 e. The first-order chi connectivity index (χ1) is 8.51. The minimum absolute atomic E-state index is 0.229. The molecule has 0 spiro atoms. The smallest absolute Gasteiger partial charge is 0.130 e. The maximum absolute atomic E-state index is 13.8. The van der Waals surface area contributed by atoms with Crippen LogP contribution in [0, 0.1) is 11.6 Å². The van der Waals surface area contributed by atoms with Crippen molar-refractivity contribution in [2.45, 2.75) is 19.0 Å². The zero-order valence-corrected chi connectivity index (χ0v) is 11.8. The average Bonchev–Trinajstić information content (AvgIpc) is 2.32. The molecule has 0 aliphatic heterocycles. The molecular weight excluding hydrogens is 254 g/mol. The highest BCUT2D eigenvalue weighted by atomic mass is 32.2. The largest absolute Gasteiger partial charge is 0.329 e. The molecule has 0 aliphatic rings. The van der Waals surface area contributed by atoms with Gasteiger partial charge in [0, 0.05) is 36.0 Å². The fraction of sp³-hybridized carbons (Fsp3) is 0.538. The summed E-state index contributed by atoms with van der Waals surface area (Å²) in [5.74, 6) is -0.156. The first kappa shape index (κ1) is 15.4. The lowest BCUT2D eigenvalue weighted by atomic mass is 10.0. The quantitative estimate of drug-likeness (QED) is 0.864. The van der Waals surface area contributed by atoms with Crippen molar-refractivity contribution in [3.8, 4) is 0 Å². The van der Waals surface area contributed by atoms with Crippen molar-refractivity contribution in [1.29, 1.82) is 0 Å². The van der Waals surface area contributed by atoms with Gasteiger partial charge in [0.25, 0.3) is 0 Å².